The maximum absolute atomic E-state index is 8.74. The summed E-state index contributed by atoms with van der Waals surface area (Å²) in [6, 6.07) is 7.57. The average molecular weight is 280 g/mol. The predicted molar refractivity (Wildman–Crippen MR) is 73.2 cm³/mol. The lowest BCUT2D eigenvalue weighted by Gasteiger charge is -2.06. The Morgan fingerprint density at radius 1 is 1.50 bits per heavy atom. The zero-order chi connectivity index (χ0) is 13.0. The molecule has 2 rings (SSSR count). The summed E-state index contributed by atoms with van der Waals surface area (Å²) in [4.78, 5) is 4.28. The molecule has 1 aromatic heterocycles. The van der Waals surface area contributed by atoms with E-state index < -0.39 is 0 Å². The molecule has 0 aliphatic rings. The van der Waals surface area contributed by atoms with Crippen molar-refractivity contribution in [2.24, 2.45) is 10.9 Å². The molecule has 5 nitrogen and oxygen atoms in total. The Labute approximate surface area is 113 Å². The molecule has 0 aliphatic heterocycles. The molecule has 0 amide bonds. The lowest BCUT2D eigenvalue weighted by molar-refractivity contribution is 0.318. The van der Waals surface area contributed by atoms with E-state index in [1.54, 1.807) is 11.8 Å². The Morgan fingerprint density at radius 3 is 2.94 bits per heavy atom. The van der Waals surface area contributed by atoms with Gasteiger partial charge >= 0.3 is 0 Å². The molecule has 0 saturated carbocycles. The number of thioether (sulfide) groups is 1. The van der Waals surface area contributed by atoms with Crippen LogP contribution in [-0.4, -0.2) is 20.4 Å². The molecule has 0 saturated heterocycles. The Kier molecular flexibility index (Phi) is 4.16. The van der Waals surface area contributed by atoms with Crippen molar-refractivity contribution in [1.82, 2.24) is 9.36 Å². The number of aromatic nitrogens is 2. The van der Waals surface area contributed by atoms with Gasteiger partial charge in [0.1, 0.15) is 5.82 Å². The van der Waals surface area contributed by atoms with Gasteiger partial charge < -0.3 is 10.9 Å². The SMILES string of the molecule is Cc1nsc(SCc2ccccc2C(N)=NO)n1. The fraction of sp³-hybridized carbons (Fsp3) is 0.182. The fourth-order valence-corrected chi connectivity index (χ4v) is 3.08. The van der Waals surface area contributed by atoms with Crippen LogP contribution in [0.2, 0.25) is 0 Å². The van der Waals surface area contributed by atoms with Crippen LogP contribution >= 0.6 is 23.3 Å². The molecule has 94 valence electrons. The maximum Gasteiger partial charge on any atom is 0.170 e. The van der Waals surface area contributed by atoms with Gasteiger partial charge in [0.2, 0.25) is 0 Å². The lowest BCUT2D eigenvalue weighted by atomic mass is 10.1. The minimum Gasteiger partial charge on any atom is -0.409 e. The van der Waals surface area contributed by atoms with Gasteiger partial charge in [0.15, 0.2) is 10.2 Å². The van der Waals surface area contributed by atoms with Gasteiger partial charge in [0.25, 0.3) is 0 Å². The van der Waals surface area contributed by atoms with E-state index >= 15 is 0 Å². The predicted octanol–water partition coefficient (Wildman–Crippen LogP) is 2.23. The van der Waals surface area contributed by atoms with Crippen LogP contribution in [0.15, 0.2) is 33.8 Å². The van der Waals surface area contributed by atoms with E-state index in [2.05, 4.69) is 14.5 Å². The summed E-state index contributed by atoms with van der Waals surface area (Å²) in [5.74, 6) is 1.62. The normalized spacial score (nSPS) is 11.7. The van der Waals surface area contributed by atoms with Crippen molar-refractivity contribution in [3.63, 3.8) is 0 Å². The standard InChI is InChI=1S/C11H12N4OS2/c1-7-13-11(18-15-7)17-6-8-4-2-3-5-9(8)10(12)14-16/h2-5,16H,6H2,1H3,(H2,12,14). The number of benzene rings is 1. The highest BCUT2D eigenvalue weighted by molar-refractivity contribution is 8.00. The molecular formula is C11H12N4OS2. The maximum atomic E-state index is 8.74. The zero-order valence-corrected chi connectivity index (χ0v) is 11.3. The molecule has 18 heavy (non-hydrogen) atoms. The van der Waals surface area contributed by atoms with Gasteiger partial charge in [-0.05, 0) is 24.0 Å². The summed E-state index contributed by atoms with van der Waals surface area (Å²) >= 11 is 2.97. The number of nitrogens with two attached hydrogens (primary N) is 1. The molecule has 0 bridgehead atoms. The van der Waals surface area contributed by atoms with Crippen molar-refractivity contribution in [2.75, 3.05) is 0 Å². The van der Waals surface area contributed by atoms with Gasteiger partial charge in [0.05, 0.1) is 0 Å². The number of rotatable bonds is 4. The molecule has 0 spiro atoms. The fourth-order valence-electron chi connectivity index (χ4n) is 1.43. The summed E-state index contributed by atoms with van der Waals surface area (Å²) in [6.07, 6.45) is 0. The van der Waals surface area contributed by atoms with Crippen molar-refractivity contribution in [1.29, 1.82) is 0 Å². The van der Waals surface area contributed by atoms with Gasteiger partial charge in [-0.2, -0.15) is 4.37 Å². The first kappa shape index (κ1) is 12.8. The summed E-state index contributed by atoms with van der Waals surface area (Å²) in [5, 5.41) is 11.8. The van der Waals surface area contributed by atoms with E-state index in [-0.39, 0.29) is 5.84 Å². The second kappa shape index (κ2) is 5.83. The Balaban J connectivity index is 2.14. The zero-order valence-electron chi connectivity index (χ0n) is 9.70. The van der Waals surface area contributed by atoms with Crippen molar-refractivity contribution in [3.05, 3.63) is 41.2 Å². The number of oxime groups is 1. The smallest absolute Gasteiger partial charge is 0.170 e. The minimum atomic E-state index is 0.125. The summed E-state index contributed by atoms with van der Waals surface area (Å²) in [7, 11) is 0. The van der Waals surface area contributed by atoms with Gasteiger partial charge in [-0.3, -0.25) is 0 Å². The largest absolute Gasteiger partial charge is 0.409 e. The molecule has 0 aliphatic carbocycles. The number of amidine groups is 1. The van der Waals surface area contributed by atoms with Crippen molar-refractivity contribution in [2.45, 2.75) is 17.0 Å². The number of hydrogen-bond donors (Lipinski definition) is 2. The van der Waals surface area contributed by atoms with Crippen LogP contribution in [-0.2, 0) is 5.75 Å². The molecule has 0 fully saturated rings. The van der Waals surface area contributed by atoms with Crippen molar-refractivity contribution < 1.29 is 5.21 Å². The highest BCUT2D eigenvalue weighted by atomic mass is 32.2. The van der Waals surface area contributed by atoms with Crippen LogP contribution in [0.5, 0.6) is 0 Å². The van der Waals surface area contributed by atoms with Crippen LogP contribution < -0.4 is 5.73 Å². The second-order valence-electron chi connectivity index (χ2n) is 3.54. The average Bonchev–Trinajstić information content (AvgIpc) is 2.81. The number of aryl methyl sites for hydroxylation is 1. The van der Waals surface area contributed by atoms with E-state index in [1.165, 1.54) is 11.5 Å². The van der Waals surface area contributed by atoms with Gasteiger partial charge in [-0.15, -0.1) is 0 Å². The van der Waals surface area contributed by atoms with Crippen LogP contribution in [0.3, 0.4) is 0 Å². The summed E-state index contributed by atoms with van der Waals surface area (Å²) in [5.41, 5.74) is 7.38. The molecule has 7 heteroatoms. The van der Waals surface area contributed by atoms with E-state index in [1.807, 2.05) is 31.2 Å². The van der Waals surface area contributed by atoms with E-state index in [0.717, 1.165) is 21.3 Å². The lowest BCUT2D eigenvalue weighted by Crippen LogP contribution is -2.15. The topological polar surface area (TPSA) is 84.4 Å². The Bertz CT molecular complexity index is 568. The first-order valence-corrected chi connectivity index (χ1v) is 6.95. The minimum absolute atomic E-state index is 0.125. The van der Waals surface area contributed by atoms with E-state index in [9.17, 15) is 0 Å². The van der Waals surface area contributed by atoms with Crippen LogP contribution in [0.1, 0.15) is 17.0 Å². The molecule has 3 N–H and O–H groups in total. The molecule has 0 radical (unpaired) electrons. The summed E-state index contributed by atoms with van der Waals surface area (Å²) < 4.78 is 5.04. The second-order valence-corrected chi connectivity index (χ2v) is 5.51. The Morgan fingerprint density at radius 2 is 2.28 bits per heavy atom. The highest BCUT2D eigenvalue weighted by Gasteiger charge is 2.08. The van der Waals surface area contributed by atoms with Crippen molar-refractivity contribution >= 4 is 29.1 Å². The number of hydrogen-bond acceptors (Lipinski definition) is 6. The third-order valence-corrected chi connectivity index (χ3v) is 4.23. The molecule has 0 unspecified atom stereocenters. The first-order valence-electron chi connectivity index (χ1n) is 5.19. The van der Waals surface area contributed by atoms with Crippen LogP contribution in [0.25, 0.3) is 0 Å². The molecule has 1 aromatic carbocycles. The van der Waals surface area contributed by atoms with Gasteiger partial charge in [0, 0.05) is 11.3 Å². The van der Waals surface area contributed by atoms with Crippen LogP contribution in [0.4, 0.5) is 0 Å². The monoisotopic (exact) mass is 280 g/mol. The van der Waals surface area contributed by atoms with E-state index in [4.69, 9.17) is 10.9 Å². The van der Waals surface area contributed by atoms with Crippen LogP contribution in [0, 0.1) is 6.92 Å². The molecule has 0 atom stereocenters. The summed E-state index contributed by atoms with van der Waals surface area (Å²) in [6.45, 7) is 1.87. The highest BCUT2D eigenvalue weighted by Crippen LogP contribution is 2.25. The van der Waals surface area contributed by atoms with E-state index in [0.29, 0.717) is 5.75 Å². The molecule has 2 aromatic rings. The Hall–Kier alpha value is -1.60. The quantitative estimate of drug-likeness (QED) is 0.295. The third-order valence-electron chi connectivity index (χ3n) is 2.26. The molecular weight excluding hydrogens is 268 g/mol. The van der Waals surface area contributed by atoms with Crippen molar-refractivity contribution in [3.8, 4) is 0 Å². The molecule has 1 heterocycles. The first-order chi connectivity index (χ1) is 8.70. The van der Waals surface area contributed by atoms with Gasteiger partial charge in [-0.25, -0.2) is 4.98 Å². The third kappa shape index (κ3) is 2.99. The van der Waals surface area contributed by atoms with Gasteiger partial charge in [-0.1, -0.05) is 41.2 Å². The number of nitrogens with zero attached hydrogens (tertiary/aromatic N) is 3.